The molecule has 1 amide bonds. The number of carbonyl (C=O) groups is 2. The fraction of sp³-hybridized carbons (Fsp3) is 0.259. The summed E-state index contributed by atoms with van der Waals surface area (Å²) in [6.07, 6.45) is 1.50. The fourth-order valence-corrected chi connectivity index (χ4v) is 4.14. The molecule has 0 aliphatic carbocycles. The maximum atomic E-state index is 13.3. The van der Waals surface area contributed by atoms with Crippen LogP contribution in [0.5, 0.6) is 17.2 Å². The number of benzene rings is 2. The van der Waals surface area contributed by atoms with Crippen molar-refractivity contribution in [1.82, 2.24) is 4.90 Å². The molecule has 1 saturated heterocycles. The smallest absolute Gasteiger partial charge is 0.296 e. The first-order valence-corrected chi connectivity index (χ1v) is 11.3. The van der Waals surface area contributed by atoms with Gasteiger partial charge in [0.15, 0.2) is 11.5 Å². The molecular formula is C27H27NO7. The molecule has 8 heteroatoms. The second kappa shape index (κ2) is 10.4. The van der Waals surface area contributed by atoms with Crippen LogP contribution in [0.4, 0.5) is 0 Å². The highest BCUT2D eigenvalue weighted by molar-refractivity contribution is 6.46. The third kappa shape index (κ3) is 4.73. The summed E-state index contributed by atoms with van der Waals surface area (Å²) in [7, 11) is 1.51. The van der Waals surface area contributed by atoms with Crippen LogP contribution in [-0.4, -0.2) is 42.0 Å². The molecule has 1 aromatic heterocycles. The molecule has 1 fully saturated rings. The number of carbonyl (C=O) groups excluding carboxylic acids is 2. The van der Waals surface area contributed by atoms with E-state index in [9.17, 15) is 14.7 Å². The summed E-state index contributed by atoms with van der Waals surface area (Å²) in [5.74, 6) is 0.228. The van der Waals surface area contributed by atoms with Gasteiger partial charge in [-0.05, 0) is 55.8 Å². The Morgan fingerprint density at radius 3 is 2.49 bits per heavy atom. The van der Waals surface area contributed by atoms with Crippen molar-refractivity contribution in [1.29, 1.82) is 0 Å². The molecule has 4 rings (SSSR count). The van der Waals surface area contributed by atoms with E-state index in [1.807, 2.05) is 13.8 Å². The van der Waals surface area contributed by atoms with Crippen LogP contribution >= 0.6 is 0 Å². The maximum absolute atomic E-state index is 13.3. The molecule has 1 aliphatic rings. The Kier molecular flexibility index (Phi) is 7.10. The van der Waals surface area contributed by atoms with Crippen LogP contribution in [0.15, 0.2) is 70.9 Å². The Morgan fingerprint density at radius 1 is 1.00 bits per heavy atom. The Balaban J connectivity index is 1.87. The Bertz CT molecular complexity index is 1250. The average Bonchev–Trinajstić information content (AvgIpc) is 3.47. The summed E-state index contributed by atoms with van der Waals surface area (Å²) in [5, 5.41) is 11.3. The Morgan fingerprint density at radius 2 is 1.80 bits per heavy atom. The highest BCUT2D eigenvalue weighted by atomic mass is 16.5. The number of aliphatic hydroxyl groups excluding tert-OH is 1. The molecular weight excluding hydrogens is 450 g/mol. The number of aliphatic hydroxyl groups is 1. The van der Waals surface area contributed by atoms with Gasteiger partial charge in [-0.15, -0.1) is 0 Å². The van der Waals surface area contributed by atoms with E-state index in [0.717, 1.165) is 0 Å². The van der Waals surface area contributed by atoms with E-state index in [1.165, 1.54) is 18.3 Å². The topological polar surface area (TPSA) is 98.4 Å². The molecule has 1 atom stereocenters. The van der Waals surface area contributed by atoms with Gasteiger partial charge in [0.2, 0.25) is 0 Å². The predicted octanol–water partition coefficient (Wildman–Crippen LogP) is 4.71. The molecule has 8 nitrogen and oxygen atoms in total. The largest absolute Gasteiger partial charge is 0.507 e. The van der Waals surface area contributed by atoms with Crippen molar-refractivity contribution in [3.8, 4) is 17.2 Å². The van der Waals surface area contributed by atoms with E-state index in [1.54, 1.807) is 54.6 Å². The molecule has 0 bridgehead atoms. The molecule has 1 unspecified atom stereocenters. The van der Waals surface area contributed by atoms with Crippen LogP contribution < -0.4 is 14.2 Å². The van der Waals surface area contributed by atoms with Crippen molar-refractivity contribution in [3.63, 3.8) is 0 Å². The molecule has 1 N–H and O–H groups in total. The van der Waals surface area contributed by atoms with Crippen LogP contribution in [0.2, 0.25) is 0 Å². The van der Waals surface area contributed by atoms with Crippen LogP contribution in [0.25, 0.3) is 5.76 Å². The molecule has 1 aliphatic heterocycles. The van der Waals surface area contributed by atoms with E-state index in [2.05, 4.69) is 0 Å². The maximum Gasteiger partial charge on any atom is 0.296 e. The number of methoxy groups -OCH3 is 1. The second-order valence-corrected chi connectivity index (χ2v) is 7.81. The minimum Gasteiger partial charge on any atom is -0.507 e. The van der Waals surface area contributed by atoms with Gasteiger partial charge < -0.3 is 28.6 Å². The SMILES string of the molecule is CCOc1cccc(/C(O)=C2\C(=O)C(=O)N(Cc3ccco3)C2c2ccc(OCC)c(OC)c2)c1. The van der Waals surface area contributed by atoms with Crippen molar-refractivity contribution in [2.45, 2.75) is 26.4 Å². The molecule has 0 radical (unpaired) electrons. The van der Waals surface area contributed by atoms with E-state index in [0.29, 0.717) is 47.3 Å². The molecule has 3 aromatic rings. The quantitative estimate of drug-likeness (QED) is 0.271. The first-order valence-electron chi connectivity index (χ1n) is 11.3. The van der Waals surface area contributed by atoms with Gasteiger partial charge in [-0.2, -0.15) is 0 Å². The number of ether oxygens (including phenoxy) is 3. The normalized spacial score (nSPS) is 17.0. The van der Waals surface area contributed by atoms with Crippen molar-refractivity contribution >= 4 is 17.4 Å². The van der Waals surface area contributed by atoms with Crippen LogP contribution in [0.3, 0.4) is 0 Å². The standard InChI is InChI=1S/C27H27NO7/c1-4-33-19-9-6-8-18(14-19)25(29)23-24(17-11-12-21(34-5-2)22(15-17)32-3)28(27(31)26(23)30)16-20-10-7-13-35-20/h6-15,24,29H,4-5,16H2,1-3H3/b25-23+. The van der Waals surface area contributed by atoms with Crippen molar-refractivity contribution < 1.29 is 33.3 Å². The first kappa shape index (κ1) is 23.9. The highest BCUT2D eigenvalue weighted by Gasteiger charge is 2.46. The summed E-state index contributed by atoms with van der Waals surface area (Å²) in [6.45, 7) is 4.66. The number of hydrogen-bond donors (Lipinski definition) is 1. The van der Waals surface area contributed by atoms with Crippen molar-refractivity contribution in [3.05, 3.63) is 83.3 Å². The molecule has 35 heavy (non-hydrogen) atoms. The average molecular weight is 478 g/mol. The zero-order valence-corrected chi connectivity index (χ0v) is 19.8. The molecule has 0 spiro atoms. The van der Waals surface area contributed by atoms with Crippen molar-refractivity contribution in [2.75, 3.05) is 20.3 Å². The first-order chi connectivity index (χ1) is 17.0. The minimum atomic E-state index is -0.875. The van der Waals surface area contributed by atoms with Crippen LogP contribution in [0, 0.1) is 0 Å². The fourth-order valence-electron chi connectivity index (χ4n) is 4.14. The summed E-state index contributed by atoms with van der Waals surface area (Å²) >= 11 is 0. The lowest BCUT2D eigenvalue weighted by Crippen LogP contribution is -2.29. The minimum absolute atomic E-state index is 0.0265. The monoisotopic (exact) mass is 477 g/mol. The van der Waals surface area contributed by atoms with Crippen LogP contribution in [0.1, 0.15) is 36.8 Å². The van der Waals surface area contributed by atoms with E-state index in [-0.39, 0.29) is 17.9 Å². The van der Waals surface area contributed by atoms with Gasteiger partial charge in [0.1, 0.15) is 17.3 Å². The lowest BCUT2D eigenvalue weighted by atomic mass is 9.95. The van der Waals surface area contributed by atoms with Gasteiger partial charge in [-0.3, -0.25) is 9.59 Å². The third-order valence-electron chi connectivity index (χ3n) is 5.67. The number of nitrogens with zero attached hydrogens (tertiary/aromatic N) is 1. The van der Waals surface area contributed by atoms with Gasteiger partial charge >= 0.3 is 0 Å². The number of Topliss-reactive ketones (excluding diaryl/α,β-unsaturated/α-hetero) is 1. The highest BCUT2D eigenvalue weighted by Crippen LogP contribution is 2.43. The number of likely N-dealkylation sites (tertiary alicyclic amines) is 1. The lowest BCUT2D eigenvalue weighted by molar-refractivity contribution is -0.140. The Hall–Kier alpha value is -4.20. The summed E-state index contributed by atoms with van der Waals surface area (Å²) < 4.78 is 22.1. The van der Waals surface area contributed by atoms with E-state index < -0.39 is 17.7 Å². The second-order valence-electron chi connectivity index (χ2n) is 7.81. The number of rotatable bonds is 9. The summed E-state index contributed by atoms with van der Waals surface area (Å²) in [4.78, 5) is 27.8. The van der Waals surface area contributed by atoms with Gasteiger partial charge in [-0.25, -0.2) is 0 Å². The number of amides is 1. The molecule has 2 heterocycles. The van der Waals surface area contributed by atoms with Gasteiger partial charge in [0, 0.05) is 5.56 Å². The number of ketones is 1. The number of furan rings is 1. The lowest BCUT2D eigenvalue weighted by Gasteiger charge is -2.25. The molecule has 182 valence electrons. The summed E-state index contributed by atoms with van der Waals surface area (Å²) in [5.41, 5.74) is 0.926. The Labute approximate surface area is 203 Å². The zero-order chi connectivity index (χ0) is 24.9. The van der Waals surface area contributed by atoms with Gasteiger partial charge in [-0.1, -0.05) is 18.2 Å². The van der Waals surface area contributed by atoms with Gasteiger partial charge in [0.05, 0.1) is 44.7 Å². The molecule has 2 aromatic carbocycles. The predicted molar refractivity (Wildman–Crippen MR) is 128 cm³/mol. The molecule has 0 saturated carbocycles. The van der Waals surface area contributed by atoms with E-state index >= 15 is 0 Å². The summed E-state index contributed by atoms with van der Waals surface area (Å²) in [6, 6.07) is 14.5. The van der Waals surface area contributed by atoms with Crippen LogP contribution in [-0.2, 0) is 16.1 Å². The van der Waals surface area contributed by atoms with E-state index in [4.69, 9.17) is 18.6 Å². The third-order valence-corrected chi connectivity index (χ3v) is 5.67. The number of hydrogen-bond acceptors (Lipinski definition) is 7. The van der Waals surface area contributed by atoms with Gasteiger partial charge in [0.25, 0.3) is 11.7 Å². The van der Waals surface area contributed by atoms with Crippen molar-refractivity contribution in [2.24, 2.45) is 0 Å². The zero-order valence-electron chi connectivity index (χ0n) is 19.8.